The van der Waals surface area contributed by atoms with Gasteiger partial charge in [0.2, 0.25) is 10.0 Å². The predicted octanol–water partition coefficient (Wildman–Crippen LogP) is 4.02. The molecular formula is C23H35N3O4S. The lowest BCUT2D eigenvalue weighted by molar-refractivity contribution is -0.118. The summed E-state index contributed by atoms with van der Waals surface area (Å²) in [6.45, 7) is 13.6. The van der Waals surface area contributed by atoms with E-state index in [1.165, 1.54) is 0 Å². The van der Waals surface area contributed by atoms with Crippen LogP contribution in [0.2, 0.25) is 0 Å². The quantitative estimate of drug-likeness (QED) is 0.641. The largest absolute Gasteiger partial charge is 0.450 e. The predicted molar refractivity (Wildman–Crippen MR) is 125 cm³/mol. The Kier molecular flexibility index (Phi) is 6.72. The minimum Gasteiger partial charge on any atom is -0.450 e. The van der Waals surface area contributed by atoms with Gasteiger partial charge in [-0.25, -0.2) is 13.1 Å². The van der Waals surface area contributed by atoms with Crippen LogP contribution in [0.3, 0.4) is 0 Å². The summed E-state index contributed by atoms with van der Waals surface area (Å²) in [5.74, 6) is 1.04. The Morgan fingerprint density at radius 3 is 2.42 bits per heavy atom. The zero-order valence-corrected chi connectivity index (χ0v) is 20.0. The number of nitrogens with one attached hydrogen (secondary N) is 2. The Bertz CT molecular complexity index is 942. The van der Waals surface area contributed by atoms with Crippen molar-refractivity contribution in [3.8, 4) is 5.75 Å². The molecule has 0 radical (unpaired) electrons. The number of anilines is 2. The average molecular weight is 450 g/mol. The summed E-state index contributed by atoms with van der Waals surface area (Å²) in [6, 6.07) is 5.80. The molecule has 1 aliphatic carbocycles. The van der Waals surface area contributed by atoms with Gasteiger partial charge in [-0.15, -0.1) is 0 Å². The summed E-state index contributed by atoms with van der Waals surface area (Å²) in [5.41, 5.74) is 1.68. The van der Waals surface area contributed by atoms with Crippen LogP contribution >= 0.6 is 0 Å². The molecule has 2 aliphatic rings. The van der Waals surface area contributed by atoms with Gasteiger partial charge in [0.15, 0.2) is 11.5 Å². The zero-order valence-electron chi connectivity index (χ0n) is 19.2. The van der Waals surface area contributed by atoms with Gasteiger partial charge < -0.3 is 10.1 Å². The maximum atomic E-state index is 12.4. The van der Waals surface area contributed by atoms with Crippen LogP contribution in [-0.2, 0) is 14.8 Å². The first-order valence-electron chi connectivity index (χ1n) is 11.0. The molecule has 0 aromatic heterocycles. The molecule has 0 bridgehead atoms. The van der Waals surface area contributed by atoms with E-state index in [0.717, 1.165) is 43.6 Å². The summed E-state index contributed by atoms with van der Waals surface area (Å²) in [4.78, 5) is 14.1. The fraction of sp³-hybridized carbons (Fsp3) is 0.609. The Morgan fingerprint density at radius 2 is 1.84 bits per heavy atom. The van der Waals surface area contributed by atoms with E-state index in [1.807, 2.05) is 32.0 Å². The third kappa shape index (κ3) is 5.23. The molecular weight excluding hydrogens is 414 g/mol. The number of carbonyl (C=O) groups is 1. The van der Waals surface area contributed by atoms with Crippen LogP contribution < -0.4 is 19.7 Å². The lowest BCUT2D eigenvalue weighted by Gasteiger charge is -2.33. The molecule has 1 heterocycles. The molecule has 1 aromatic carbocycles. The van der Waals surface area contributed by atoms with Crippen LogP contribution in [-0.4, -0.2) is 37.7 Å². The molecule has 0 saturated heterocycles. The molecule has 0 spiro atoms. The van der Waals surface area contributed by atoms with Crippen molar-refractivity contribution in [1.82, 2.24) is 4.72 Å². The van der Waals surface area contributed by atoms with E-state index in [9.17, 15) is 13.2 Å². The van der Waals surface area contributed by atoms with Gasteiger partial charge in [0.1, 0.15) is 0 Å². The lowest BCUT2D eigenvalue weighted by Crippen LogP contribution is -2.46. The molecule has 172 valence electrons. The van der Waals surface area contributed by atoms with Crippen LogP contribution in [0.15, 0.2) is 30.5 Å². The second-order valence-corrected chi connectivity index (χ2v) is 12.3. The maximum Gasteiger partial charge on any atom is 0.293 e. The number of hydrogen-bond acceptors (Lipinski definition) is 5. The number of rotatable bonds is 6. The monoisotopic (exact) mass is 449 g/mol. The Labute approximate surface area is 186 Å². The molecule has 7 nitrogen and oxygen atoms in total. The van der Waals surface area contributed by atoms with E-state index < -0.39 is 14.8 Å². The van der Waals surface area contributed by atoms with E-state index in [2.05, 4.69) is 16.6 Å². The number of nitrogens with zero attached hydrogens (tertiary/aromatic N) is 1. The summed E-state index contributed by atoms with van der Waals surface area (Å²) in [7, 11) is -3.31. The number of carbonyl (C=O) groups excluding carboxylic acids is 1. The molecule has 0 atom stereocenters. The first kappa shape index (κ1) is 23.6. The molecule has 1 aromatic rings. The standard InChI is InChI=1S/C23H35N3O4S/c1-15(2)26-20-12-11-19(13-21(20)30-16(3)22(26)27)24-14-17-7-9-18(10-8-17)25-31(28,29)23(4,5)6/h11-13,15,17-18,24-25H,3,7-10,14H2,1-2,4-6H3/t17-,18-. The highest BCUT2D eigenvalue weighted by Crippen LogP contribution is 2.38. The number of amides is 1. The van der Waals surface area contributed by atoms with Crippen molar-refractivity contribution in [3.63, 3.8) is 0 Å². The van der Waals surface area contributed by atoms with Gasteiger partial charge in [-0.05, 0) is 78.4 Å². The maximum absolute atomic E-state index is 12.4. The number of benzene rings is 1. The minimum absolute atomic E-state index is 0.0107. The number of hydrogen-bond donors (Lipinski definition) is 2. The van der Waals surface area contributed by atoms with Crippen molar-refractivity contribution in [3.05, 3.63) is 30.5 Å². The van der Waals surface area contributed by atoms with Gasteiger partial charge in [0.25, 0.3) is 5.91 Å². The van der Waals surface area contributed by atoms with Crippen LogP contribution in [0.5, 0.6) is 5.75 Å². The number of ether oxygens (including phenoxy) is 1. The third-order valence-electron chi connectivity index (χ3n) is 6.00. The van der Waals surface area contributed by atoms with Crippen molar-refractivity contribution in [2.45, 2.75) is 77.1 Å². The van der Waals surface area contributed by atoms with Gasteiger partial charge in [0.05, 0.1) is 10.4 Å². The molecule has 2 N–H and O–H groups in total. The summed E-state index contributed by atoms with van der Waals surface area (Å²) in [6.07, 6.45) is 3.64. The van der Waals surface area contributed by atoms with Crippen molar-refractivity contribution in [1.29, 1.82) is 0 Å². The second kappa shape index (κ2) is 8.82. The first-order valence-corrected chi connectivity index (χ1v) is 12.5. The Morgan fingerprint density at radius 1 is 1.19 bits per heavy atom. The molecule has 1 aliphatic heterocycles. The smallest absolute Gasteiger partial charge is 0.293 e. The van der Waals surface area contributed by atoms with Gasteiger partial charge in [-0.1, -0.05) is 6.58 Å². The topological polar surface area (TPSA) is 87.7 Å². The highest BCUT2D eigenvalue weighted by molar-refractivity contribution is 7.90. The van der Waals surface area contributed by atoms with Crippen LogP contribution in [0.25, 0.3) is 0 Å². The van der Waals surface area contributed by atoms with E-state index >= 15 is 0 Å². The molecule has 0 unspecified atom stereocenters. The van der Waals surface area contributed by atoms with Crippen LogP contribution in [0, 0.1) is 5.92 Å². The molecule has 1 fully saturated rings. The van der Waals surface area contributed by atoms with Crippen molar-refractivity contribution in [2.24, 2.45) is 5.92 Å². The molecule has 8 heteroatoms. The molecule has 1 amide bonds. The van der Waals surface area contributed by atoms with Crippen LogP contribution in [0.1, 0.15) is 60.3 Å². The summed E-state index contributed by atoms with van der Waals surface area (Å²) >= 11 is 0. The second-order valence-electron chi connectivity index (χ2n) is 9.81. The van der Waals surface area contributed by atoms with Crippen molar-refractivity contribution >= 4 is 27.3 Å². The van der Waals surface area contributed by atoms with Gasteiger partial charge >= 0.3 is 0 Å². The van der Waals surface area contributed by atoms with E-state index in [0.29, 0.717) is 11.7 Å². The minimum atomic E-state index is -3.31. The molecule has 1 saturated carbocycles. The van der Waals surface area contributed by atoms with Gasteiger partial charge in [-0.3, -0.25) is 9.69 Å². The van der Waals surface area contributed by atoms with Crippen molar-refractivity contribution < 1.29 is 17.9 Å². The zero-order chi connectivity index (χ0) is 23.0. The molecule has 3 rings (SSSR count). The Balaban J connectivity index is 1.56. The van der Waals surface area contributed by atoms with E-state index in [1.54, 1.807) is 25.7 Å². The number of sulfonamides is 1. The normalized spacial score (nSPS) is 22.3. The summed E-state index contributed by atoms with van der Waals surface area (Å²) in [5, 5.41) is 3.47. The number of fused-ring (bicyclic) bond motifs is 1. The fourth-order valence-electron chi connectivity index (χ4n) is 3.98. The van der Waals surface area contributed by atoms with Gasteiger partial charge in [-0.2, -0.15) is 0 Å². The van der Waals surface area contributed by atoms with E-state index in [-0.39, 0.29) is 23.8 Å². The molecule has 31 heavy (non-hydrogen) atoms. The highest BCUT2D eigenvalue weighted by Gasteiger charge is 2.33. The third-order valence-corrected chi connectivity index (χ3v) is 8.25. The average Bonchev–Trinajstić information content (AvgIpc) is 2.67. The van der Waals surface area contributed by atoms with E-state index in [4.69, 9.17) is 4.74 Å². The SMILES string of the molecule is C=C1Oc2cc(NC[C@H]3CC[C@H](NS(=O)(=O)C(C)(C)C)CC3)ccc2N(C(C)C)C1=O. The fourth-order valence-corrected chi connectivity index (χ4v) is 5.01. The Hall–Kier alpha value is -2.06. The van der Waals surface area contributed by atoms with Crippen molar-refractivity contribution in [2.75, 3.05) is 16.8 Å². The highest BCUT2D eigenvalue weighted by atomic mass is 32.2. The summed E-state index contributed by atoms with van der Waals surface area (Å²) < 4.78 is 32.5. The van der Waals surface area contributed by atoms with Gasteiger partial charge in [0, 0.05) is 30.4 Å². The lowest BCUT2D eigenvalue weighted by atomic mass is 9.86. The van der Waals surface area contributed by atoms with Crippen LogP contribution in [0.4, 0.5) is 11.4 Å². The first-order chi connectivity index (χ1) is 14.4.